The molecule has 2 aromatic heterocycles. The number of carbonyl (C=O) groups excluding carboxylic acids is 1. The third kappa shape index (κ3) is 3.62. The topological polar surface area (TPSA) is 76.9 Å². The molecule has 3 aliphatic rings. The normalized spacial score (nSPS) is 19.2. The van der Waals surface area contributed by atoms with Crippen molar-refractivity contribution in [1.82, 2.24) is 14.9 Å². The van der Waals surface area contributed by atoms with Crippen molar-refractivity contribution < 1.29 is 14.3 Å². The SMILES string of the molecule is O=C(c1cc(C2=NCc3ccnc(OC4CCOCC4)c32)ccn1)N1CCCC1. The van der Waals surface area contributed by atoms with Crippen LogP contribution < -0.4 is 4.74 Å². The summed E-state index contributed by atoms with van der Waals surface area (Å²) in [7, 11) is 0. The molecule has 0 bridgehead atoms. The van der Waals surface area contributed by atoms with Crippen LogP contribution in [0.5, 0.6) is 5.88 Å². The Hall–Kier alpha value is -2.80. The fourth-order valence-corrected chi connectivity index (χ4v) is 4.16. The Kier molecular flexibility index (Phi) is 4.97. The van der Waals surface area contributed by atoms with E-state index < -0.39 is 0 Å². The Bertz CT molecular complexity index is 947. The Morgan fingerprint density at radius 1 is 1.10 bits per heavy atom. The van der Waals surface area contributed by atoms with Crippen LogP contribution in [0.3, 0.4) is 0 Å². The van der Waals surface area contributed by atoms with E-state index in [1.807, 2.05) is 23.1 Å². The van der Waals surface area contributed by atoms with Gasteiger partial charge in [-0.25, -0.2) is 4.98 Å². The molecule has 0 atom stereocenters. The summed E-state index contributed by atoms with van der Waals surface area (Å²) in [4.78, 5) is 28.2. The second kappa shape index (κ2) is 7.91. The van der Waals surface area contributed by atoms with Crippen molar-refractivity contribution in [3.8, 4) is 5.88 Å². The van der Waals surface area contributed by atoms with E-state index >= 15 is 0 Å². The molecule has 0 aromatic carbocycles. The quantitative estimate of drug-likeness (QED) is 0.799. The Balaban J connectivity index is 1.44. The Morgan fingerprint density at radius 3 is 2.72 bits per heavy atom. The zero-order valence-corrected chi connectivity index (χ0v) is 16.3. The van der Waals surface area contributed by atoms with Gasteiger partial charge in [0, 0.05) is 43.9 Å². The van der Waals surface area contributed by atoms with Gasteiger partial charge in [-0.3, -0.25) is 14.8 Å². The van der Waals surface area contributed by atoms with Crippen molar-refractivity contribution in [2.45, 2.75) is 38.3 Å². The van der Waals surface area contributed by atoms with Gasteiger partial charge in [-0.15, -0.1) is 0 Å². The van der Waals surface area contributed by atoms with E-state index in [2.05, 4.69) is 9.97 Å². The highest BCUT2D eigenvalue weighted by Gasteiger charge is 2.27. The van der Waals surface area contributed by atoms with Gasteiger partial charge < -0.3 is 14.4 Å². The zero-order chi connectivity index (χ0) is 19.6. The summed E-state index contributed by atoms with van der Waals surface area (Å²) < 4.78 is 11.7. The Morgan fingerprint density at radius 2 is 1.90 bits per heavy atom. The molecule has 0 aliphatic carbocycles. The summed E-state index contributed by atoms with van der Waals surface area (Å²) in [5, 5.41) is 0. The molecule has 5 rings (SSSR count). The number of rotatable bonds is 4. The van der Waals surface area contributed by atoms with E-state index in [9.17, 15) is 4.79 Å². The number of pyridine rings is 2. The van der Waals surface area contributed by atoms with Crippen molar-refractivity contribution >= 4 is 11.6 Å². The minimum atomic E-state index is -0.00645. The molecule has 7 heteroatoms. The predicted molar refractivity (Wildman–Crippen MR) is 107 cm³/mol. The molecule has 1 amide bonds. The number of aliphatic imine (C=N–C) groups is 1. The lowest BCUT2D eigenvalue weighted by atomic mass is 10.0. The van der Waals surface area contributed by atoms with E-state index in [0.29, 0.717) is 31.3 Å². The number of carbonyl (C=O) groups is 1. The highest BCUT2D eigenvalue weighted by atomic mass is 16.5. The fraction of sp³-hybridized carbons (Fsp3) is 0.455. The van der Waals surface area contributed by atoms with Gasteiger partial charge in [-0.1, -0.05) is 0 Å². The van der Waals surface area contributed by atoms with E-state index in [0.717, 1.165) is 61.2 Å². The minimum Gasteiger partial charge on any atom is -0.474 e. The van der Waals surface area contributed by atoms with Crippen molar-refractivity contribution in [2.75, 3.05) is 26.3 Å². The van der Waals surface area contributed by atoms with E-state index in [1.54, 1.807) is 12.4 Å². The van der Waals surface area contributed by atoms with Crippen LogP contribution in [-0.4, -0.2) is 58.9 Å². The number of nitrogens with zero attached hydrogens (tertiary/aromatic N) is 4. The molecular formula is C22H24N4O3. The second-order valence-corrected chi connectivity index (χ2v) is 7.67. The third-order valence-electron chi connectivity index (χ3n) is 5.74. The maximum Gasteiger partial charge on any atom is 0.272 e. The van der Waals surface area contributed by atoms with E-state index in [4.69, 9.17) is 14.5 Å². The van der Waals surface area contributed by atoms with Crippen molar-refractivity contribution in [2.24, 2.45) is 4.99 Å². The number of amides is 1. The second-order valence-electron chi connectivity index (χ2n) is 7.67. The van der Waals surface area contributed by atoms with Gasteiger partial charge >= 0.3 is 0 Å². The first kappa shape index (κ1) is 18.2. The molecule has 0 N–H and O–H groups in total. The van der Waals surface area contributed by atoms with Gasteiger partial charge in [0.25, 0.3) is 5.91 Å². The van der Waals surface area contributed by atoms with Gasteiger partial charge in [0.15, 0.2) is 0 Å². The number of hydrogen-bond acceptors (Lipinski definition) is 6. The maximum atomic E-state index is 12.8. The molecule has 0 radical (unpaired) electrons. The lowest BCUT2D eigenvalue weighted by Gasteiger charge is -2.24. The first-order chi connectivity index (χ1) is 14.3. The summed E-state index contributed by atoms with van der Waals surface area (Å²) in [5.74, 6) is 0.614. The molecule has 0 unspecified atom stereocenters. The van der Waals surface area contributed by atoms with Gasteiger partial charge in [0.05, 0.1) is 31.0 Å². The molecule has 0 spiro atoms. The molecule has 150 valence electrons. The molecule has 5 heterocycles. The summed E-state index contributed by atoms with van der Waals surface area (Å²) in [6.45, 7) is 3.64. The van der Waals surface area contributed by atoms with Crippen molar-refractivity contribution in [1.29, 1.82) is 0 Å². The molecule has 2 fully saturated rings. The first-order valence-corrected chi connectivity index (χ1v) is 10.3. The van der Waals surface area contributed by atoms with Crippen LogP contribution in [0.1, 0.15) is 52.9 Å². The van der Waals surface area contributed by atoms with E-state index in [1.165, 1.54) is 0 Å². The van der Waals surface area contributed by atoms with Gasteiger partial charge in [0.1, 0.15) is 11.8 Å². The van der Waals surface area contributed by atoms with Crippen LogP contribution in [-0.2, 0) is 11.3 Å². The molecule has 0 saturated carbocycles. The van der Waals surface area contributed by atoms with Crippen molar-refractivity contribution in [3.63, 3.8) is 0 Å². The highest BCUT2D eigenvalue weighted by Crippen LogP contribution is 2.31. The highest BCUT2D eigenvalue weighted by molar-refractivity contribution is 6.17. The van der Waals surface area contributed by atoms with Crippen LogP contribution in [0.2, 0.25) is 0 Å². The van der Waals surface area contributed by atoms with Crippen LogP contribution in [0.4, 0.5) is 0 Å². The molecule has 2 aromatic rings. The standard InChI is InChI=1S/C22H24N4O3/c27-22(26-9-1-2-10-26)18-13-15(3-7-23-18)20-19-16(14-25-20)4-8-24-21(19)29-17-5-11-28-12-6-17/h3-4,7-8,13,17H,1-2,5-6,9-12,14H2. The first-order valence-electron chi connectivity index (χ1n) is 10.3. The number of aromatic nitrogens is 2. The summed E-state index contributed by atoms with van der Waals surface area (Å²) in [6.07, 6.45) is 7.42. The largest absolute Gasteiger partial charge is 0.474 e. The average molecular weight is 392 g/mol. The minimum absolute atomic E-state index is 0.00645. The monoisotopic (exact) mass is 392 g/mol. The molecule has 3 aliphatic heterocycles. The average Bonchev–Trinajstić information content (AvgIpc) is 3.45. The van der Waals surface area contributed by atoms with E-state index in [-0.39, 0.29) is 12.0 Å². The summed E-state index contributed by atoms with van der Waals surface area (Å²) in [6, 6.07) is 5.74. The molecular weight excluding hydrogens is 368 g/mol. The number of ether oxygens (including phenoxy) is 2. The molecule has 7 nitrogen and oxygen atoms in total. The number of fused-ring (bicyclic) bond motifs is 1. The molecule has 29 heavy (non-hydrogen) atoms. The van der Waals surface area contributed by atoms with Gasteiger partial charge in [-0.05, 0) is 36.6 Å². The van der Waals surface area contributed by atoms with Crippen LogP contribution in [0.15, 0.2) is 35.6 Å². The number of likely N-dealkylation sites (tertiary alicyclic amines) is 1. The summed E-state index contributed by atoms with van der Waals surface area (Å²) >= 11 is 0. The van der Waals surface area contributed by atoms with Crippen LogP contribution in [0, 0.1) is 0 Å². The lowest BCUT2D eigenvalue weighted by molar-refractivity contribution is 0.0236. The predicted octanol–water partition coefficient (Wildman–Crippen LogP) is 2.62. The maximum absolute atomic E-state index is 12.8. The van der Waals surface area contributed by atoms with Crippen LogP contribution >= 0.6 is 0 Å². The van der Waals surface area contributed by atoms with Crippen molar-refractivity contribution in [3.05, 3.63) is 53.0 Å². The smallest absolute Gasteiger partial charge is 0.272 e. The summed E-state index contributed by atoms with van der Waals surface area (Å²) in [5.41, 5.74) is 4.21. The number of hydrogen-bond donors (Lipinski definition) is 0. The lowest BCUT2D eigenvalue weighted by Crippen LogP contribution is -2.28. The Labute approximate surface area is 169 Å². The zero-order valence-electron chi connectivity index (χ0n) is 16.3. The van der Waals surface area contributed by atoms with Gasteiger partial charge in [0.2, 0.25) is 5.88 Å². The molecule has 2 saturated heterocycles. The van der Waals surface area contributed by atoms with Crippen LogP contribution in [0.25, 0.3) is 0 Å². The third-order valence-corrected chi connectivity index (χ3v) is 5.74. The fourth-order valence-electron chi connectivity index (χ4n) is 4.16. The van der Waals surface area contributed by atoms with Gasteiger partial charge in [-0.2, -0.15) is 0 Å².